The molecule has 0 atom stereocenters. The maximum Gasteiger partial charge on any atom is 0.255 e. The number of piperazine rings is 1. The minimum atomic E-state index is -0.0967. The van der Waals surface area contributed by atoms with Crippen molar-refractivity contribution < 1.29 is 4.79 Å². The highest BCUT2D eigenvalue weighted by atomic mass is 79.9. The van der Waals surface area contributed by atoms with Gasteiger partial charge in [-0.1, -0.05) is 28.9 Å². The number of carbonyl (C=O) groups excluding carboxylic acids is 1. The van der Waals surface area contributed by atoms with Gasteiger partial charge in [0.15, 0.2) is 0 Å². The van der Waals surface area contributed by atoms with Gasteiger partial charge in [0.2, 0.25) is 0 Å². The van der Waals surface area contributed by atoms with Crippen LogP contribution < -0.4 is 10.2 Å². The third-order valence-corrected chi connectivity index (χ3v) is 4.89. The number of likely N-dealkylation sites (N-methyl/N-ethyl adjacent to an activating group) is 1. The van der Waals surface area contributed by atoms with Gasteiger partial charge in [0.25, 0.3) is 5.91 Å². The van der Waals surface area contributed by atoms with Crippen LogP contribution in [-0.2, 0) is 0 Å². The predicted octanol–water partition coefficient (Wildman–Crippen LogP) is 4.27. The van der Waals surface area contributed by atoms with Crippen molar-refractivity contribution in [2.45, 2.75) is 6.92 Å². The van der Waals surface area contributed by atoms with Gasteiger partial charge in [0.05, 0.1) is 0 Å². The molecule has 4 nitrogen and oxygen atoms in total. The summed E-state index contributed by atoms with van der Waals surface area (Å²) in [6, 6.07) is 15.5. The number of halogens is 2. The first-order valence-corrected chi connectivity index (χ1v) is 9.09. The van der Waals surface area contributed by atoms with E-state index in [1.807, 2.05) is 36.4 Å². The van der Waals surface area contributed by atoms with E-state index < -0.39 is 0 Å². The molecule has 25 heavy (non-hydrogen) atoms. The van der Waals surface area contributed by atoms with Crippen LogP contribution in [0.5, 0.6) is 0 Å². The molecule has 0 bridgehead atoms. The molecule has 2 aromatic carbocycles. The van der Waals surface area contributed by atoms with Crippen molar-refractivity contribution in [2.75, 3.05) is 42.9 Å². The molecule has 0 radical (unpaired) electrons. The molecular formula is C19H23BrClN3O. The van der Waals surface area contributed by atoms with Gasteiger partial charge in [0, 0.05) is 47.6 Å². The maximum atomic E-state index is 12.3. The van der Waals surface area contributed by atoms with Crippen molar-refractivity contribution in [2.24, 2.45) is 0 Å². The Balaban J connectivity index is 0.00000225. The number of carbonyl (C=O) groups is 1. The van der Waals surface area contributed by atoms with Gasteiger partial charge in [-0.2, -0.15) is 0 Å². The van der Waals surface area contributed by atoms with E-state index in [9.17, 15) is 4.79 Å². The summed E-state index contributed by atoms with van der Waals surface area (Å²) in [6.07, 6.45) is 0. The highest BCUT2D eigenvalue weighted by molar-refractivity contribution is 9.10. The zero-order valence-corrected chi connectivity index (χ0v) is 16.6. The van der Waals surface area contributed by atoms with Gasteiger partial charge in [-0.05, 0) is 49.0 Å². The average molecular weight is 425 g/mol. The molecule has 1 heterocycles. The first-order chi connectivity index (χ1) is 11.7. The first kappa shape index (κ1) is 19.8. The summed E-state index contributed by atoms with van der Waals surface area (Å²) >= 11 is 3.39. The lowest BCUT2D eigenvalue weighted by Gasteiger charge is -2.35. The molecule has 2 aromatic rings. The summed E-state index contributed by atoms with van der Waals surface area (Å²) < 4.78 is 0.900. The van der Waals surface area contributed by atoms with Crippen molar-refractivity contribution >= 4 is 45.6 Å². The van der Waals surface area contributed by atoms with Crippen LogP contribution >= 0.6 is 28.3 Å². The Bertz CT molecular complexity index is 700. The largest absolute Gasteiger partial charge is 0.369 e. The van der Waals surface area contributed by atoms with Gasteiger partial charge >= 0.3 is 0 Å². The van der Waals surface area contributed by atoms with E-state index >= 15 is 0 Å². The fraction of sp³-hybridized carbons (Fsp3) is 0.316. The average Bonchev–Trinajstić information content (AvgIpc) is 2.62. The van der Waals surface area contributed by atoms with Crippen LogP contribution in [0.3, 0.4) is 0 Å². The fourth-order valence-corrected chi connectivity index (χ4v) is 3.31. The van der Waals surface area contributed by atoms with E-state index in [4.69, 9.17) is 0 Å². The number of amides is 1. The summed E-state index contributed by atoms with van der Waals surface area (Å²) in [5.41, 5.74) is 2.67. The predicted molar refractivity (Wildman–Crippen MR) is 110 cm³/mol. The summed E-state index contributed by atoms with van der Waals surface area (Å²) in [7, 11) is 0. The Kier molecular flexibility index (Phi) is 7.29. The SMILES string of the molecule is CCN1CCN(c2ccc(NC(=O)c3cccc(Br)c3)cc2)CC1.Cl. The van der Waals surface area contributed by atoms with E-state index in [1.165, 1.54) is 5.69 Å². The second-order valence-electron chi connectivity index (χ2n) is 5.93. The molecule has 0 saturated carbocycles. The topological polar surface area (TPSA) is 35.6 Å². The molecule has 1 aliphatic heterocycles. The quantitative estimate of drug-likeness (QED) is 0.796. The smallest absolute Gasteiger partial charge is 0.255 e. The second-order valence-corrected chi connectivity index (χ2v) is 6.85. The number of rotatable bonds is 4. The Morgan fingerprint density at radius 1 is 1.08 bits per heavy atom. The number of hydrogen-bond donors (Lipinski definition) is 1. The highest BCUT2D eigenvalue weighted by Crippen LogP contribution is 2.20. The molecule has 134 valence electrons. The van der Waals surface area contributed by atoms with Gasteiger partial charge in [-0.3, -0.25) is 4.79 Å². The Labute approximate surface area is 163 Å². The number of anilines is 2. The number of benzene rings is 2. The number of nitrogens with zero attached hydrogens (tertiary/aromatic N) is 2. The maximum absolute atomic E-state index is 12.3. The highest BCUT2D eigenvalue weighted by Gasteiger charge is 2.15. The third-order valence-electron chi connectivity index (χ3n) is 4.40. The number of nitrogens with one attached hydrogen (secondary N) is 1. The van der Waals surface area contributed by atoms with Crippen LogP contribution in [-0.4, -0.2) is 43.5 Å². The van der Waals surface area contributed by atoms with E-state index in [2.05, 4.69) is 50.1 Å². The zero-order chi connectivity index (χ0) is 16.9. The summed E-state index contributed by atoms with van der Waals surface area (Å²) in [6.45, 7) is 7.65. The third kappa shape index (κ3) is 5.21. The van der Waals surface area contributed by atoms with Gasteiger partial charge in [0.1, 0.15) is 0 Å². The Hall–Kier alpha value is -1.56. The molecule has 3 rings (SSSR count). The molecule has 0 aromatic heterocycles. The van der Waals surface area contributed by atoms with E-state index in [1.54, 1.807) is 0 Å². The van der Waals surface area contributed by atoms with Crippen LogP contribution in [0, 0.1) is 0 Å². The second kappa shape index (κ2) is 9.22. The lowest BCUT2D eigenvalue weighted by molar-refractivity contribution is 0.102. The van der Waals surface area contributed by atoms with Crippen molar-refractivity contribution in [3.8, 4) is 0 Å². The summed E-state index contributed by atoms with van der Waals surface area (Å²) in [5, 5.41) is 2.95. The molecular weight excluding hydrogens is 402 g/mol. The monoisotopic (exact) mass is 423 g/mol. The van der Waals surface area contributed by atoms with Gasteiger partial charge in [-0.15, -0.1) is 12.4 Å². The molecule has 1 fully saturated rings. The molecule has 1 saturated heterocycles. The normalized spacial score (nSPS) is 14.7. The molecule has 0 unspecified atom stereocenters. The lowest BCUT2D eigenvalue weighted by atomic mass is 10.2. The van der Waals surface area contributed by atoms with Crippen LogP contribution in [0.25, 0.3) is 0 Å². The van der Waals surface area contributed by atoms with Crippen LogP contribution in [0.1, 0.15) is 17.3 Å². The summed E-state index contributed by atoms with van der Waals surface area (Å²) in [4.78, 5) is 17.1. The molecule has 0 spiro atoms. The van der Waals surface area contributed by atoms with Crippen LogP contribution in [0.4, 0.5) is 11.4 Å². The summed E-state index contributed by atoms with van der Waals surface area (Å²) in [5.74, 6) is -0.0967. The molecule has 1 N–H and O–H groups in total. The van der Waals surface area contributed by atoms with Gasteiger partial charge < -0.3 is 15.1 Å². The van der Waals surface area contributed by atoms with Gasteiger partial charge in [-0.25, -0.2) is 0 Å². The molecule has 6 heteroatoms. The van der Waals surface area contributed by atoms with Crippen molar-refractivity contribution in [1.82, 2.24) is 4.90 Å². The van der Waals surface area contributed by atoms with Crippen LogP contribution in [0.2, 0.25) is 0 Å². The Morgan fingerprint density at radius 3 is 2.36 bits per heavy atom. The van der Waals surface area contributed by atoms with E-state index in [0.29, 0.717) is 5.56 Å². The number of hydrogen-bond acceptors (Lipinski definition) is 3. The molecule has 1 amide bonds. The Morgan fingerprint density at radius 2 is 1.76 bits per heavy atom. The standard InChI is InChI=1S/C19H22BrN3O.ClH/c1-2-22-10-12-23(13-11-22)18-8-6-17(7-9-18)21-19(24)15-4-3-5-16(20)14-15;/h3-9,14H,2,10-13H2,1H3,(H,21,24);1H. The zero-order valence-electron chi connectivity index (χ0n) is 14.2. The van der Waals surface area contributed by atoms with Crippen molar-refractivity contribution in [3.63, 3.8) is 0 Å². The lowest BCUT2D eigenvalue weighted by Crippen LogP contribution is -2.46. The van der Waals surface area contributed by atoms with E-state index in [0.717, 1.165) is 42.9 Å². The minimum absolute atomic E-state index is 0. The van der Waals surface area contributed by atoms with Crippen molar-refractivity contribution in [1.29, 1.82) is 0 Å². The van der Waals surface area contributed by atoms with E-state index in [-0.39, 0.29) is 18.3 Å². The fourth-order valence-electron chi connectivity index (χ4n) is 2.91. The minimum Gasteiger partial charge on any atom is -0.369 e. The molecule has 1 aliphatic rings. The first-order valence-electron chi connectivity index (χ1n) is 8.30. The molecule has 0 aliphatic carbocycles. The van der Waals surface area contributed by atoms with Crippen molar-refractivity contribution in [3.05, 3.63) is 58.6 Å². The van der Waals surface area contributed by atoms with Crippen LogP contribution in [0.15, 0.2) is 53.0 Å².